The highest BCUT2D eigenvalue weighted by Gasteiger charge is 2.46. The molecule has 0 unspecified atom stereocenters. The fraction of sp³-hybridized carbons (Fsp3) is 0.500. The molecule has 2 aromatic heterocycles. The topological polar surface area (TPSA) is 111 Å². The Labute approximate surface area is 237 Å². The minimum absolute atomic E-state index is 0.0408. The lowest BCUT2D eigenvalue weighted by Crippen LogP contribution is -2.44. The molecule has 6 rings (SSSR count). The predicted molar refractivity (Wildman–Crippen MR) is 152 cm³/mol. The molecule has 0 saturated carbocycles. The third-order valence-corrected chi connectivity index (χ3v) is 9.22. The van der Waals surface area contributed by atoms with E-state index in [0.717, 1.165) is 28.5 Å². The molecule has 0 fully saturated rings. The Kier molecular flexibility index (Phi) is 6.19. The molecule has 2 aliphatic heterocycles. The molecule has 0 bridgehead atoms. The molecule has 9 heteroatoms. The summed E-state index contributed by atoms with van der Waals surface area (Å²) in [7, 11) is 0. The van der Waals surface area contributed by atoms with Gasteiger partial charge in [0.15, 0.2) is 5.60 Å². The van der Waals surface area contributed by atoms with Gasteiger partial charge in [-0.15, -0.1) is 0 Å². The molecule has 1 aromatic carbocycles. The number of ether oxygens (including phenoxy) is 1. The Morgan fingerprint density at radius 3 is 2.68 bits per heavy atom. The van der Waals surface area contributed by atoms with Crippen molar-refractivity contribution in [1.82, 2.24) is 14.9 Å². The van der Waals surface area contributed by atoms with Crippen molar-refractivity contribution in [3.8, 4) is 11.4 Å². The Bertz CT molecular complexity index is 1720. The number of aromatic nitrogens is 2. The average molecular weight is 562 g/mol. The summed E-state index contributed by atoms with van der Waals surface area (Å²) in [6, 6.07) is 2.73. The summed E-state index contributed by atoms with van der Waals surface area (Å²) < 4.78 is 21.9. The number of carbonyl (C=O) groups excluding carboxylic acids is 2. The predicted octanol–water partition coefficient (Wildman–Crippen LogP) is 4.70. The minimum atomic E-state index is -1.94. The number of aliphatic hydroxyl groups is 1. The smallest absolute Gasteiger partial charge is 0.343 e. The molecule has 2 atom stereocenters. The number of halogens is 1. The zero-order valence-electron chi connectivity index (χ0n) is 24.4. The second kappa shape index (κ2) is 9.21. The number of fused-ring (bicyclic) bond motifs is 5. The number of aryl methyl sites for hydroxylation is 1. The van der Waals surface area contributed by atoms with E-state index in [1.807, 2.05) is 13.8 Å². The molecule has 0 spiro atoms. The summed E-state index contributed by atoms with van der Waals surface area (Å²) in [6.07, 6.45) is 1.95. The number of benzene rings is 1. The second-order valence-corrected chi connectivity index (χ2v) is 12.9. The third kappa shape index (κ3) is 3.95. The normalized spacial score (nSPS) is 21.0. The molecule has 1 aliphatic carbocycles. The second-order valence-electron chi connectivity index (χ2n) is 12.9. The number of esters is 1. The number of hydrogen-bond acceptors (Lipinski definition) is 6. The van der Waals surface area contributed by atoms with Crippen molar-refractivity contribution in [2.75, 3.05) is 0 Å². The molecular formula is C32H36FN3O5. The molecule has 0 saturated heterocycles. The average Bonchev–Trinajstić information content (AvgIpc) is 3.28. The van der Waals surface area contributed by atoms with Crippen LogP contribution in [0.4, 0.5) is 4.39 Å². The van der Waals surface area contributed by atoms with E-state index in [9.17, 15) is 19.5 Å². The van der Waals surface area contributed by atoms with Crippen molar-refractivity contribution in [3.05, 3.63) is 61.7 Å². The first-order valence-electron chi connectivity index (χ1n) is 14.4. The number of pyridine rings is 2. The summed E-state index contributed by atoms with van der Waals surface area (Å²) in [6.45, 7) is 11.5. The summed E-state index contributed by atoms with van der Waals surface area (Å²) >= 11 is 0. The lowest BCUT2D eigenvalue weighted by molar-refractivity contribution is -0.172. The number of hydrogen-bond donors (Lipinski definition) is 2. The van der Waals surface area contributed by atoms with Crippen LogP contribution < -0.4 is 10.9 Å². The number of cyclic esters (lactones) is 1. The molecule has 3 aliphatic rings. The molecule has 2 N–H and O–H groups in total. The van der Waals surface area contributed by atoms with Gasteiger partial charge >= 0.3 is 5.97 Å². The van der Waals surface area contributed by atoms with Gasteiger partial charge in [0.1, 0.15) is 12.4 Å². The first-order valence-corrected chi connectivity index (χ1v) is 14.4. The van der Waals surface area contributed by atoms with Crippen LogP contribution >= 0.6 is 0 Å². The van der Waals surface area contributed by atoms with E-state index in [4.69, 9.17) is 9.72 Å². The molecule has 216 valence electrons. The minimum Gasteiger partial charge on any atom is -0.458 e. The zero-order valence-corrected chi connectivity index (χ0v) is 24.4. The summed E-state index contributed by atoms with van der Waals surface area (Å²) in [5, 5.41) is 15.4. The largest absolute Gasteiger partial charge is 0.458 e. The lowest BCUT2D eigenvalue weighted by atomic mass is 9.79. The van der Waals surface area contributed by atoms with Crippen LogP contribution in [0.3, 0.4) is 0 Å². The molecule has 3 aromatic rings. The Morgan fingerprint density at radius 2 is 2.00 bits per heavy atom. The number of nitrogens with zero attached hydrogens (tertiary/aromatic N) is 2. The Morgan fingerprint density at radius 1 is 1.27 bits per heavy atom. The van der Waals surface area contributed by atoms with Crippen LogP contribution in [0.1, 0.15) is 93.3 Å². The van der Waals surface area contributed by atoms with Crippen molar-refractivity contribution in [1.29, 1.82) is 0 Å². The highest BCUT2D eigenvalue weighted by atomic mass is 19.1. The fourth-order valence-corrected chi connectivity index (χ4v) is 7.17. The van der Waals surface area contributed by atoms with Crippen molar-refractivity contribution in [2.45, 2.75) is 92.0 Å². The summed E-state index contributed by atoms with van der Waals surface area (Å²) in [4.78, 5) is 44.8. The fourth-order valence-electron chi connectivity index (χ4n) is 7.17. The van der Waals surface area contributed by atoms with Gasteiger partial charge in [0.2, 0.25) is 5.91 Å². The standard InChI is InChI=1S/C32H36FN3O5/c1-7-32(40)20-10-24-27-18(13-36(24)28(37)19(20)14-41-30(32)39)26-22(35-29(38)31(5,6)12-15(2)3)9-8-17-16(4)21(33)11-23(34-27)25(17)26/h10-11,15,22,40H,7-9,12-14H2,1-6H3,(H,35,38)/t22-,32-/m0/s1. The van der Waals surface area contributed by atoms with Gasteiger partial charge in [-0.05, 0) is 61.3 Å². The van der Waals surface area contributed by atoms with Crippen molar-refractivity contribution in [2.24, 2.45) is 11.3 Å². The maximum atomic E-state index is 15.1. The lowest BCUT2D eigenvalue weighted by Gasteiger charge is -2.33. The Balaban J connectivity index is 1.58. The van der Waals surface area contributed by atoms with Crippen LogP contribution in [0.25, 0.3) is 22.3 Å². The highest BCUT2D eigenvalue weighted by molar-refractivity contribution is 5.94. The molecule has 8 nitrogen and oxygen atoms in total. The van der Waals surface area contributed by atoms with Gasteiger partial charge in [0, 0.05) is 28.0 Å². The van der Waals surface area contributed by atoms with Crippen LogP contribution in [-0.4, -0.2) is 26.5 Å². The van der Waals surface area contributed by atoms with Crippen molar-refractivity contribution in [3.63, 3.8) is 0 Å². The number of nitrogens with one attached hydrogen (secondary N) is 1. The number of amides is 1. The highest BCUT2D eigenvalue weighted by Crippen LogP contribution is 2.46. The van der Waals surface area contributed by atoms with Crippen LogP contribution in [0.2, 0.25) is 0 Å². The van der Waals surface area contributed by atoms with Gasteiger partial charge in [-0.1, -0.05) is 34.6 Å². The van der Waals surface area contributed by atoms with E-state index in [0.29, 0.717) is 41.2 Å². The SMILES string of the molecule is CC[C@@]1(O)C(=O)OCc2c1cc1n(c2=O)Cc2c-1nc1cc(F)c(C)c3c1c2[C@@H](NC(=O)C(C)(C)CC(C)C)CC3. The van der Waals surface area contributed by atoms with E-state index >= 15 is 4.39 Å². The molecule has 0 radical (unpaired) electrons. The third-order valence-electron chi connectivity index (χ3n) is 9.22. The van der Waals surface area contributed by atoms with Gasteiger partial charge in [-0.2, -0.15) is 0 Å². The maximum absolute atomic E-state index is 15.1. The zero-order chi connectivity index (χ0) is 29.6. The summed E-state index contributed by atoms with van der Waals surface area (Å²) in [5.41, 5.74) is 2.11. The molecule has 4 heterocycles. The summed E-state index contributed by atoms with van der Waals surface area (Å²) in [5.74, 6) is -0.847. The monoisotopic (exact) mass is 561 g/mol. The van der Waals surface area contributed by atoms with Crippen LogP contribution in [0.15, 0.2) is 16.9 Å². The number of rotatable bonds is 5. The Hall–Kier alpha value is -3.59. The first kappa shape index (κ1) is 27.6. The van der Waals surface area contributed by atoms with E-state index in [2.05, 4.69) is 19.2 Å². The van der Waals surface area contributed by atoms with Gasteiger partial charge in [0.25, 0.3) is 5.56 Å². The molecular weight excluding hydrogens is 525 g/mol. The van der Waals surface area contributed by atoms with E-state index in [-0.39, 0.29) is 54.0 Å². The van der Waals surface area contributed by atoms with Crippen LogP contribution in [0, 0.1) is 24.1 Å². The first-order chi connectivity index (χ1) is 19.3. The van der Waals surface area contributed by atoms with Gasteiger partial charge in [-0.25, -0.2) is 14.2 Å². The van der Waals surface area contributed by atoms with Crippen LogP contribution in [-0.2, 0) is 39.5 Å². The van der Waals surface area contributed by atoms with Crippen LogP contribution in [0.5, 0.6) is 0 Å². The van der Waals surface area contributed by atoms with Gasteiger partial charge in [-0.3, -0.25) is 9.59 Å². The van der Waals surface area contributed by atoms with E-state index < -0.39 is 17.0 Å². The quantitative estimate of drug-likeness (QED) is 0.342. The molecule has 41 heavy (non-hydrogen) atoms. The van der Waals surface area contributed by atoms with Gasteiger partial charge < -0.3 is 19.7 Å². The van der Waals surface area contributed by atoms with Crippen molar-refractivity contribution < 1.29 is 23.8 Å². The van der Waals surface area contributed by atoms with E-state index in [1.165, 1.54) is 6.07 Å². The van der Waals surface area contributed by atoms with Gasteiger partial charge in [0.05, 0.1) is 35.1 Å². The van der Waals surface area contributed by atoms with E-state index in [1.54, 1.807) is 24.5 Å². The number of carbonyl (C=O) groups is 2. The van der Waals surface area contributed by atoms with Crippen molar-refractivity contribution >= 4 is 22.8 Å². The maximum Gasteiger partial charge on any atom is 0.343 e. The molecule has 1 amide bonds.